The first-order valence-corrected chi connectivity index (χ1v) is 17.1. The monoisotopic (exact) mass is 651 g/mol. The van der Waals surface area contributed by atoms with Gasteiger partial charge in [-0.25, -0.2) is 15.0 Å². The normalized spacial score (nSPS) is 11.5. The standard InChI is InChI=1S/C46H29N5/c1-2-9-35(10-3-1)46-49-40(31-18-16-30(17-19-31)39-27-24-34-21-20-33-11-8-28-47-44(33)45(34)48-39)29-41(50-46)32-22-25-36(26-23-32)51-42-14-6-4-12-37(42)38-13-5-7-15-43(38)51/h1-29H. The second kappa shape index (κ2) is 11.9. The highest BCUT2D eigenvalue weighted by Gasteiger charge is 2.14. The maximum atomic E-state index is 5.08. The number of benzene rings is 6. The molecule has 0 aliphatic rings. The summed E-state index contributed by atoms with van der Waals surface area (Å²) >= 11 is 0. The van der Waals surface area contributed by atoms with Crippen LogP contribution in [0.5, 0.6) is 0 Å². The molecular weight excluding hydrogens is 623 g/mol. The van der Waals surface area contributed by atoms with Crippen LogP contribution < -0.4 is 0 Å². The molecule has 0 spiro atoms. The molecule has 0 aliphatic carbocycles. The maximum absolute atomic E-state index is 5.08. The van der Waals surface area contributed by atoms with Gasteiger partial charge in [-0.05, 0) is 42.5 Å². The van der Waals surface area contributed by atoms with Crippen LogP contribution in [0.25, 0.3) is 94.5 Å². The van der Waals surface area contributed by atoms with E-state index < -0.39 is 0 Å². The highest BCUT2D eigenvalue weighted by atomic mass is 15.0. The van der Waals surface area contributed by atoms with Gasteiger partial charge in [0.25, 0.3) is 0 Å². The van der Waals surface area contributed by atoms with Crippen molar-refractivity contribution in [1.29, 1.82) is 0 Å². The summed E-state index contributed by atoms with van der Waals surface area (Å²) in [5.41, 5.74) is 12.0. The van der Waals surface area contributed by atoms with Gasteiger partial charge in [-0.1, -0.05) is 127 Å². The summed E-state index contributed by atoms with van der Waals surface area (Å²) in [5, 5.41) is 4.66. The molecule has 10 aromatic rings. The van der Waals surface area contributed by atoms with Gasteiger partial charge in [0.2, 0.25) is 0 Å². The van der Waals surface area contributed by atoms with E-state index in [1.165, 1.54) is 21.8 Å². The van der Waals surface area contributed by atoms with Crippen LogP contribution in [0.3, 0.4) is 0 Å². The Morgan fingerprint density at radius 3 is 1.59 bits per heavy atom. The van der Waals surface area contributed by atoms with Crippen molar-refractivity contribution < 1.29 is 0 Å². The Balaban J connectivity index is 1.04. The molecule has 0 N–H and O–H groups in total. The Kier molecular flexibility index (Phi) is 6.74. The predicted octanol–water partition coefficient (Wildman–Crippen LogP) is 11.3. The van der Waals surface area contributed by atoms with E-state index in [0.717, 1.165) is 66.8 Å². The second-order valence-electron chi connectivity index (χ2n) is 12.7. The van der Waals surface area contributed by atoms with Gasteiger partial charge < -0.3 is 4.57 Å². The van der Waals surface area contributed by atoms with Gasteiger partial charge in [-0.2, -0.15) is 0 Å². The first kappa shape index (κ1) is 29.0. The van der Waals surface area contributed by atoms with E-state index in [-0.39, 0.29) is 0 Å². The molecule has 5 nitrogen and oxygen atoms in total. The summed E-state index contributed by atoms with van der Waals surface area (Å²) in [6, 6.07) is 59.0. The third-order valence-corrected chi connectivity index (χ3v) is 9.67. The second-order valence-corrected chi connectivity index (χ2v) is 12.7. The van der Waals surface area contributed by atoms with Crippen LogP contribution in [0.4, 0.5) is 0 Å². The number of nitrogens with zero attached hydrogens (tertiary/aromatic N) is 5. The fourth-order valence-corrected chi connectivity index (χ4v) is 7.14. The van der Waals surface area contributed by atoms with E-state index in [1.807, 2.05) is 30.5 Å². The Morgan fingerprint density at radius 1 is 0.373 bits per heavy atom. The Hall–Kier alpha value is -6.98. The Bertz CT molecular complexity index is 2840. The highest BCUT2D eigenvalue weighted by molar-refractivity contribution is 6.09. The fourth-order valence-electron chi connectivity index (χ4n) is 7.14. The average molecular weight is 652 g/mol. The molecule has 0 saturated carbocycles. The molecule has 0 unspecified atom stereocenters. The molecule has 0 bridgehead atoms. The molecular formula is C46H29N5. The van der Waals surface area contributed by atoms with E-state index in [1.54, 1.807) is 0 Å². The number of hydrogen-bond donors (Lipinski definition) is 0. The predicted molar refractivity (Wildman–Crippen MR) is 209 cm³/mol. The van der Waals surface area contributed by atoms with Crippen molar-refractivity contribution in [2.75, 3.05) is 0 Å². The summed E-state index contributed by atoms with van der Waals surface area (Å²) < 4.78 is 2.33. The first-order valence-electron chi connectivity index (χ1n) is 17.1. The maximum Gasteiger partial charge on any atom is 0.160 e. The number of hydrogen-bond acceptors (Lipinski definition) is 4. The molecule has 0 fully saturated rings. The largest absolute Gasteiger partial charge is 0.309 e. The summed E-state index contributed by atoms with van der Waals surface area (Å²) in [5.74, 6) is 0.689. The summed E-state index contributed by atoms with van der Waals surface area (Å²) in [6.45, 7) is 0. The van der Waals surface area contributed by atoms with Gasteiger partial charge in [0.05, 0.1) is 39.1 Å². The summed E-state index contributed by atoms with van der Waals surface area (Å²) in [4.78, 5) is 19.8. The molecule has 0 aliphatic heterocycles. The quantitative estimate of drug-likeness (QED) is 0.174. The van der Waals surface area contributed by atoms with E-state index in [9.17, 15) is 0 Å². The first-order chi connectivity index (χ1) is 25.3. The van der Waals surface area contributed by atoms with Crippen LogP contribution in [-0.4, -0.2) is 24.5 Å². The van der Waals surface area contributed by atoms with Gasteiger partial charge in [-0.3, -0.25) is 4.98 Å². The number of rotatable bonds is 5. The molecule has 4 heterocycles. The van der Waals surface area contributed by atoms with Gasteiger partial charge in [0.1, 0.15) is 0 Å². The zero-order valence-electron chi connectivity index (χ0n) is 27.5. The molecule has 0 radical (unpaired) electrons. The fraction of sp³-hybridized carbons (Fsp3) is 0. The van der Waals surface area contributed by atoms with E-state index in [2.05, 4.69) is 155 Å². The number of fused-ring (bicyclic) bond motifs is 6. The number of aromatic nitrogens is 5. The van der Waals surface area contributed by atoms with Gasteiger partial charge in [0.15, 0.2) is 5.82 Å². The van der Waals surface area contributed by atoms with Crippen LogP contribution in [0.1, 0.15) is 0 Å². The van der Waals surface area contributed by atoms with Crippen LogP contribution in [-0.2, 0) is 0 Å². The lowest BCUT2D eigenvalue weighted by Crippen LogP contribution is -1.97. The van der Waals surface area contributed by atoms with Gasteiger partial charge in [0, 0.05) is 55.7 Å². The lowest BCUT2D eigenvalue weighted by molar-refractivity contribution is 1.17. The third kappa shape index (κ3) is 5.03. The molecule has 0 amide bonds. The van der Waals surface area contributed by atoms with Crippen molar-refractivity contribution in [2.45, 2.75) is 0 Å². The van der Waals surface area contributed by atoms with Crippen molar-refractivity contribution in [2.24, 2.45) is 0 Å². The molecule has 4 aromatic heterocycles. The van der Waals surface area contributed by atoms with Crippen molar-refractivity contribution in [3.63, 3.8) is 0 Å². The Morgan fingerprint density at radius 2 is 0.922 bits per heavy atom. The van der Waals surface area contributed by atoms with E-state index in [4.69, 9.17) is 15.0 Å². The lowest BCUT2D eigenvalue weighted by Gasteiger charge is -2.12. The molecule has 51 heavy (non-hydrogen) atoms. The van der Waals surface area contributed by atoms with Crippen molar-refractivity contribution in [3.8, 4) is 50.8 Å². The Labute approximate surface area is 294 Å². The third-order valence-electron chi connectivity index (χ3n) is 9.67. The SMILES string of the molecule is c1ccc(-c2nc(-c3ccc(-c4ccc5ccc6cccnc6c5n4)cc3)cc(-c3ccc(-n4c5ccccc5c5ccccc54)cc3)n2)cc1. The van der Waals surface area contributed by atoms with Crippen molar-refractivity contribution in [1.82, 2.24) is 24.5 Å². The minimum Gasteiger partial charge on any atom is -0.309 e. The average Bonchev–Trinajstić information content (AvgIpc) is 3.55. The molecule has 0 saturated heterocycles. The minimum absolute atomic E-state index is 0.689. The van der Waals surface area contributed by atoms with Crippen LogP contribution in [0.15, 0.2) is 176 Å². The van der Waals surface area contributed by atoms with Crippen LogP contribution >= 0.6 is 0 Å². The molecule has 10 rings (SSSR count). The van der Waals surface area contributed by atoms with E-state index in [0.29, 0.717) is 5.82 Å². The zero-order valence-corrected chi connectivity index (χ0v) is 27.5. The smallest absolute Gasteiger partial charge is 0.160 e. The molecule has 6 aromatic carbocycles. The summed E-state index contributed by atoms with van der Waals surface area (Å²) in [6.07, 6.45) is 1.82. The topological polar surface area (TPSA) is 56.5 Å². The zero-order chi connectivity index (χ0) is 33.7. The van der Waals surface area contributed by atoms with E-state index >= 15 is 0 Å². The lowest BCUT2D eigenvalue weighted by atomic mass is 10.0. The molecule has 0 atom stereocenters. The number of para-hydroxylation sites is 2. The molecule has 5 heteroatoms. The summed E-state index contributed by atoms with van der Waals surface area (Å²) in [7, 11) is 0. The number of pyridine rings is 2. The van der Waals surface area contributed by atoms with Crippen molar-refractivity contribution in [3.05, 3.63) is 176 Å². The van der Waals surface area contributed by atoms with Crippen LogP contribution in [0.2, 0.25) is 0 Å². The van der Waals surface area contributed by atoms with Crippen LogP contribution in [0, 0.1) is 0 Å². The van der Waals surface area contributed by atoms with Gasteiger partial charge in [-0.15, -0.1) is 0 Å². The van der Waals surface area contributed by atoms with Crippen molar-refractivity contribution >= 4 is 43.6 Å². The highest BCUT2D eigenvalue weighted by Crippen LogP contribution is 2.34. The molecule has 238 valence electrons. The minimum atomic E-state index is 0.689. The van der Waals surface area contributed by atoms with Gasteiger partial charge >= 0.3 is 0 Å².